The highest BCUT2D eigenvalue weighted by atomic mass is 79.9. The number of carbonyl (C=O) groups excluding carboxylic acids is 1. The summed E-state index contributed by atoms with van der Waals surface area (Å²) < 4.78 is 25.1. The molecule has 0 aromatic carbocycles. The van der Waals surface area contributed by atoms with Crippen LogP contribution in [0.4, 0.5) is 0 Å². The molecule has 0 unspecified atom stereocenters. The van der Waals surface area contributed by atoms with Gasteiger partial charge in [-0.1, -0.05) is 20.8 Å². The Balaban J connectivity index is 2.44. The van der Waals surface area contributed by atoms with Crippen LogP contribution >= 0.6 is 27.3 Å². The van der Waals surface area contributed by atoms with Gasteiger partial charge in [-0.25, -0.2) is 8.42 Å². The van der Waals surface area contributed by atoms with Crippen molar-refractivity contribution in [2.75, 3.05) is 12.3 Å². The van der Waals surface area contributed by atoms with E-state index in [4.69, 9.17) is 0 Å². The fraction of sp³-hybridized carbons (Fsp3) is 0.583. The summed E-state index contributed by atoms with van der Waals surface area (Å²) in [6, 6.07) is 3.32. The van der Waals surface area contributed by atoms with Gasteiger partial charge in [0.2, 0.25) is 5.91 Å². The van der Waals surface area contributed by atoms with Gasteiger partial charge in [-0.3, -0.25) is 4.79 Å². The van der Waals surface area contributed by atoms with E-state index in [1.54, 1.807) is 12.1 Å². The Morgan fingerprint density at radius 3 is 2.47 bits per heavy atom. The number of hydrogen-bond acceptors (Lipinski definition) is 4. The largest absolute Gasteiger partial charge is 0.356 e. The lowest BCUT2D eigenvalue weighted by Gasteiger charge is -2.17. The standard InChI is InChI=1S/C12H18BrNO3S2/c1-12(2,3)11(15)14-7-4-8-19(16,17)10-6-5-9(13)18-10/h5-6H,4,7-8H2,1-3H3,(H,14,15). The van der Waals surface area contributed by atoms with Crippen LogP contribution in [0, 0.1) is 5.41 Å². The maximum atomic E-state index is 12.0. The third kappa shape index (κ3) is 5.24. The summed E-state index contributed by atoms with van der Waals surface area (Å²) in [5.74, 6) is -0.0199. The average molecular weight is 368 g/mol. The van der Waals surface area contributed by atoms with Crippen molar-refractivity contribution in [3.63, 3.8) is 0 Å². The zero-order valence-corrected chi connectivity index (χ0v) is 14.4. The van der Waals surface area contributed by atoms with Crippen molar-refractivity contribution < 1.29 is 13.2 Å². The highest BCUT2D eigenvalue weighted by molar-refractivity contribution is 9.11. The molecule has 1 rings (SSSR count). The van der Waals surface area contributed by atoms with Gasteiger partial charge >= 0.3 is 0 Å². The Morgan fingerprint density at radius 1 is 1.37 bits per heavy atom. The maximum absolute atomic E-state index is 12.0. The zero-order chi connectivity index (χ0) is 14.7. The Morgan fingerprint density at radius 2 is 2.00 bits per heavy atom. The quantitative estimate of drug-likeness (QED) is 0.813. The lowest BCUT2D eigenvalue weighted by Crippen LogP contribution is -2.35. The van der Waals surface area contributed by atoms with Crippen molar-refractivity contribution in [3.8, 4) is 0 Å². The van der Waals surface area contributed by atoms with Crippen molar-refractivity contribution in [2.45, 2.75) is 31.4 Å². The van der Waals surface area contributed by atoms with E-state index in [1.807, 2.05) is 20.8 Å². The third-order valence-electron chi connectivity index (χ3n) is 2.41. The Bertz CT molecular complexity index is 544. The minimum atomic E-state index is -3.24. The molecule has 0 radical (unpaired) electrons. The summed E-state index contributed by atoms with van der Waals surface area (Å²) in [5, 5.41) is 2.74. The number of thiophene rings is 1. The number of nitrogens with one attached hydrogen (secondary N) is 1. The second kappa shape index (κ2) is 6.37. The second-order valence-electron chi connectivity index (χ2n) is 5.24. The summed E-state index contributed by atoms with van der Waals surface area (Å²) in [5.41, 5.74) is -0.447. The van der Waals surface area contributed by atoms with E-state index in [2.05, 4.69) is 21.2 Å². The van der Waals surface area contributed by atoms with E-state index in [0.29, 0.717) is 17.2 Å². The van der Waals surface area contributed by atoms with Crippen LogP contribution in [0.2, 0.25) is 0 Å². The first-order valence-corrected chi connectivity index (χ1v) is 9.15. The van der Waals surface area contributed by atoms with Crippen molar-refractivity contribution >= 4 is 43.0 Å². The molecule has 0 aliphatic carbocycles. The van der Waals surface area contributed by atoms with Crippen LogP contribution in [0.5, 0.6) is 0 Å². The number of sulfone groups is 1. The lowest BCUT2D eigenvalue weighted by molar-refractivity contribution is -0.128. The first kappa shape index (κ1) is 16.7. The van der Waals surface area contributed by atoms with Gasteiger partial charge in [0, 0.05) is 12.0 Å². The van der Waals surface area contributed by atoms with Crippen LogP contribution in [0.15, 0.2) is 20.1 Å². The summed E-state index contributed by atoms with van der Waals surface area (Å²) in [7, 11) is -3.24. The molecule has 0 bridgehead atoms. The van der Waals surface area contributed by atoms with E-state index in [1.165, 1.54) is 11.3 Å². The molecule has 7 heteroatoms. The van der Waals surface area contributed by atoms with Gasteiger partial charge < -0.3 is 5.32 Å². The number of halogens is 1. The van der Waals surface area contributed by atoms with Crippen LogP contribution in [0.25, 0.3) is 0 Å². The van der Waals surface area contributed by atoms with E-state index in [9.17, 15) is 13.2 Å². The zero-order valence-electron chi connectivity index (χ0n) is 11.2. The summed E-state index contributed by atoms with van der Waals surface area (Å²) in [6.45, 7) is 5.84. The molecule has 108 valence electrons. The summed E-state index contributed by atoms with van der Waals surface area (Å²) in [4.78, 5) is 11.6. The van der Waals surface area contributed by atoms with E-state index < -0.39 is 15.3 Å². The number of rotatable bonds is 5. The molecule has 1 N–H and O–H groups in total. The summed E-state index contributed by atoms with van der Waals surface area (Å²) in [6.07, 6.45) is 0.416. The molecule has 0 saturated heterocycles. The highest BCUT2D eigenvalue weighted by Crippen LogP contribution is 2.27. The van der Waals surface area contributed by atoms with Gasteiger partial charge in [0.25, 0.3) is 0 Å². The first-order valence-electron chi connectivity index (χ1n) is 5.89. The SMILES string of the molecule is CC(C)(C)C(=O)NCCCS(=O)(=O)c1ccc(Br)s1. The van der Waals surface area contributed by atoms with Gasteiger partial charge in [-0.2, -0.15) is 0 Å². The number of hydrogen-bond donors (Lipinski definition) is 1. The Hall–Kier alpha value is -0.400. The second-order valence-corrected chi connectivity index (χ2v) is 10.0. The highest BCUT2D eigenvalue weighted by Gasteiger charge is 2.21. The predicted molar refractivity (Wildman–Crippen MR) is 81.2 cm³/mol. The van der Waals surface area contributed by atoms with Gasteiger partial charge in [0.1, 0.15) is 4.21 Å². The molecule has 1 aromatic rings. The first-order chi connectivity index (χ1) is 8.63. The van der Waals surface area contributed by atoms with Gasteiger partial charge in [-0.05, 0) is 34.5 Å². The summed E-state index contributed by atoms with van der Waals surface area (Å²) >= 11 is 4.45. The molecule has 1 aromatic heterocycles. The van der Waals surface area contributed by atoms with E-state index in [0.717, 1.165) is 3.79 Å². The molecule has 0 aliphatic rings. The van der Waals surface area contributed by atoms with Crippen LogP contribution < -0.4 is 5.32 Å². The molecule has 0 saturated carbocycles. The van der Waals surface area contributed by atoms with Crippen LogP contribution in [0.1, 0.15) is 27.2 Å². The fourth-order valence-electron chi connectivity index (χ4n) is 1.29. The molecular formula is C12H18BrNO3S2. The number of amides is 1. The molecule has 0 aliphatic heterocycles. The molecule has 0 spiro atoms. The lowest BCUT2D eigenvalue weighted by atomic mass is 9.96. The van der Waals surface area contributed by atoms with E-state index in [-0.39, 0.29) is 11.7 Å². The predicted octanol–water partition coefficient (Wildman–Crippen LogP) is 2.84. The minimum absolute atomic E-state index is 0.0460. The van der Waals surface area contributed by atoms with Crippen LogP contribution in [0.3, 0.4) is 0 Å². The monoisotopic (exact) mass is 367 g/mol. The Kier molecular flexibility index (Phi) is 5.58. The van der Waals surface area contributed by atoms with Gasteiger partial charge in [0.15, 0.2) is 9.84 Å². The third-order valence-corrected chi connectivity index (χ3v) is 6.42. The van der Waals surface area contributed by atoms with Crippen molar-refractivity contribution in [3.05, 3.63) is 15.9 Å². The Labute approximate surface area is 126 Å². The van der Waals surface area contributed by atoms with E-state index >= 15 is 0 Å². The molecule has 1 heterocycles. The van der Waals surface area contributed by atoms with Crippen molar-refractivity contribution in [1.82, 2.24) is 5.32 Å². The smallest absolute Gasteiger partial charge is 0.225 e. The normalized spacial score (nSPS) is 12.4. The van der Waals surface area contributed by atoms with Crippen LogP contribution in [-0.4, -0.2) is 26.6 Å². The van der Waals surface area contributed by atoms with Crippen LogP contribution in [-0.2, 0) is 14.6 Å². The average Bonchev–Trinajstić information content (AvgIpc) is 2.70. The molecule has 1 amide bonds. The molecule has 19 heavy (non-hydrogen) atoms. The van der Waals surface area contributed by atoms with Gasteiger partial charge in [0.05, 0.1) is 9.54 Å². The molecule has 4 nitrogen and oxygen atoms in total. The molecule has 0 fully saturated rings. The maximum Gasteiger partial charge on any atom is 0.225 e. The minimum Gasteiger partial charge on any atom is -0.356 e. The molecule has 0 atom stereocenters. The van der Waals surface area contributed by atoms with Crippen molar-refractivity contribution in [2.24, 2.45) is 5.41 Å². The fourth-order valence-corrected chi connectivity index (χ4v) is 4.76. The molecular weight excluding hydrogens is 350 g/mol. The topological polar surface area (TPSA) is 63.2 Å². The van der Waals surface area contributed by atoms with Gasteiger partial charge in [-0.15, -0.1) is 11.3 Å². The number of carbonyl (C=O) groups is 1. The van der Waals surface area contributed by atoms with Crippen molar-refractivity contribution in [1.29, 1.82) is 0 Å².